The molecule has 0 saturated carbocycles. The molecule has 0 aliphatic carbocycles. The van der Waals surface area contributed by atoms with Gasteiger partial charge >= 0.3 is 0 Å². The highest BCUT2D eigenvalue weighted by atomic mass is 19.1. The van der Waals surface area contributed by atoms with E-state index in [1.54, 1.807) is 6.07 Å². The quantitative estimate of drug-likeness (QED) is 0.826. The zero-order valence-corrected chi connectivity index (χ0v) is 9.87. The van der Waals surface area contributed by atoms with Crippen molar-refractivity contribution in [2.24, 2.45) is 5.73 Å². The molecule has 2 N–H and O–H groups in total. The van der Waals surface area contributed by atoms with Crippen LogP contribution in [0.15, 0.2) is 24.4 Å². The fourth-order valence-corrected chi connectivity index (χ4v) is 2.06. The molecule has 0 spiro atoms. The number of nitrogens with two attached hydrogens (primary N) is 1. The molecule has 2 rings (SSSR count). The first-order valence-corrected chi connectivity index (χ1v) is 5.57. The standard InChI is InChI=1S/C13H17FN2/c1-8(2)16-7-11(9(3)15)10-5-4-6-12(14)13(10)16/h4-9H,15H2,1-3H3. The number of benzene rings is 1. The lowest BCUT2D eigenvalue weighted by Gasteiger charge is -2.09. The molecule has 16 heavy (non-hydrogen) atoms. The zero-order valence-electron chi connectivity index (χ0n) is 9.87. The predicted molar refractivity (Wildman–Crippen MR) is 64.9 cm³/mol. The van der Waals surface area contributed by atoms with Crippen molar-refractivity contribution in [1.29, 1.82) is 0 Å². The summed E-state index contributed by atoms with van der Waals surface area (Å²) in [5, 5.41) is 0.920. The molecule has 0 bridgehead atoms. The van der Waals surface area contributed by atoms with Gasteiger partial charge < -0.3 is 10.3 Å². The van der Waals surface area contributed by atoms with Gasteiger partial charge in [-0.3, -0.25) is 0 Å². The number of hydrogen-bond acceptors (Lipinski definition) is 1. The molecule has 0 amide bonds. The SMILES string of the molecule is CC(N)c1cn(C(C)C)c2c(F)cccc12. The van der Waals surface area contributed by atoms with Crippen LogP contribution < -0.4 is 5.73 Å². The molecule has 0 radical (unpaired) electrons. The molecule has 2 aromatic rings. The van der Waals surface area contributed by atoms with Gasteiger partial charge in [0.25, 0.3) is 0 Å². The van der Waals surface area contributed by atoms with Gasteiger partial charge in [0.15, 0.2) is 0 Å². The molecule has 0 saturated heterocycles. The monoisotopic (exact) mass is 220 g/mol. The Bertz CT molecular complexity index is 512. The summed E-state index contributed by atoms with van der Waals surface area (Å²) in [6.45, 7) is 6.00. The van der Waals surface area contributed by atoms with E-state index >= 15 is 0 Å². The molecule has 1 unspecified atom stereocenters. The van der Waals surface area contributed by atoms with E-state index in [0.29, 0.717) is 5.52 Å². The van der Waals surface area contributed by atoms with Gasteiger partial charge in [-0.15, -0.1) is 0 Å². The first kappa shape index (κ1) is 11.1. The number of hydrogen-bond donors (Lipinski definition) is 1. The second kappa shape index (κ2) is 3.91. The van der Waals surface area contributed by atoms with Gasteiger partial charge in [-0.1, -0.05) is 12.1 Å². The third kappa shape index (κ3) is 1.61. The third-order valence-corrected chi connectivity index (χ3v) is 2.88. The Kier molecular flexibility index (Phi) is 2.72. The summed E-state index contributed by atoms with van der Waals surface area (Å²) < 4.78 is 15.8. The Morgan fingerprint density at radius 3 is 2.50 bits per heavy atom. The van der Waals surface area contributed by atoms with Crippen molar-refractivity contribution < 1.29 is 4.39 Å². The minimum Gasteiger partial charge on any atom is -0.342 e. The van der Waals surface area contributed by atoms with E-state index in [0.717, 1.165) is 10.9 Å². The van der Waals surface area contributed by atoms with Crippen LogP contribution in [-0.2, 0) is 0 Å². The fraction of sp³-hybridized carbons (Fsp3) is 0.385. The van der Waals surface area contributed by atoms with Crippen LogP contribution in [0.4, 0.5) is 4.39 Å². The summed E-state index contributed by atoms with van der Waals surface area (Å²) in [6.07, 6.45) is 1.96. The van der Waals surface area contributed by atoms with Gasteiger partial charge in [-0.2, -0.15) is 0 Å². The minimum atomic E-state index is -0.182. The van der Waals surface area contributed by atoms with Crippen LogP contribution in [-0.4, -0.2) is 4.57 Å². The van der Waals surface area contributed by atoms with Gasteiger partial charge in [-0.25, -0.2) is 4.39 Å². The number of fused-ring (bicyclic) bond motifs is 1. The lowest BCUT2D eigenvalue weighted by atomic mass is 10.1. The van der Waals surface area contributed by atoms with Crippen LogP contribution >= 0.6 is 0 Å². The normalized spacial score (nSPS) is 13.6. The third-order valence-electron chi connectivity index (χ3n) is 2.88. The highest BCUT2D eigenvalue weighted by Gasteiger charge is 2.15. The van der Waals surface area contributed by atoms with E-state index in [-0.39, 0.29) is 17.9 Å². The summed E-state index contributed by atoms with van der Waals surface area (Å²) in [6, 6.07) is 5.30. The molecule has 86 valence electrons. The number of aromatic nitrogens is 1. The minimum absolute atomic E-state index is 0.0794. The number of halogens is 1. The van der Waals surface area contributed by atoms with Crippen molar-refractivity contribution in [3.63, 3.8) is 0 Å². The molecule has 1 atom stereocenters. The average molecular weight is 220 g/mol. The van der Waals surface area contributed by atoms with Crippen molar-refractivity contribution in [2.75, 3.05) is 0 Å². The first-order chi connectivity index (χ1) is 7.52. The van der Waals surface area contributed by atoms with E-state index < -0.39 is 0 Å². The summed E-state index contributed by atoms with van der Waals surface area (Å²) in [7, 11) is 0. The van der Waals surface area contributed by atoms with Gasteiger partial charge in [0.1, 0.15) is 5.82 Å². The Morgan fingerprint density at radius 1 is 1.25 bits per heavy atom. The van der Waals surface area contributed by atoms with Gasteiger partial charge in [-0.05, 0) is 32.4 Å². The molecule has 0 aliphatic rings. The Hall–Kier alpha value is -1.35. The Balaban J connectivity index is 2.82. The van der Waals surface area contributed by atoms with Crippen LogP contribution in [0.2, 0.25) is 0 Å². The summed E-state index contributed by atoms with van der Waals surface area (Å²) in [5.41, 5.74) is 7.57. The molecule has 0 fully saturated rings. The second-order valence-electron chi connectivity index (χ2n) is 4.51. The lowest BCUT2D eigenvalue weighted by molar-refractivity contribution is 0.587. The number of rotatable bonds is 2. The molecule has 1 aromatic heterocycles. The van der Waals surface area contributed by atoms with E-state index in [1.807, 2.05) is 37.6 Å². The van der Waals surface area contributed by atoms with Crippen molar-refractivity contribution >= 4 is 10.9 Å². The van der Waals surface area contributed by atoms with Gasteiger partial charge in [0.2, 0.25) is 0 Å². The maximum atomic E-state index is 13.8. The van der Waals surface area contributed by atoms with Gasteiger partial charge in [0.05, 0.1) is 5.52 Å². The van der Waals surface area contributed by atoms with Crippen molar-refractivity contribution in [3.8, 4) is 0 Å². The maximum Gasteiger partial charge on any atom is 0.147 e. The predicted octanol–water partition coefficient (Wildman–Crippen LogP) is 3.38. The number of nitrogens with zero attached hydrogens (tertiary/aromatic N) is 1. The highest BCUT2D eigenvalue weighted by Crippen LogP contribution is 2.29. The smallest absolute Gasteiger partial charge is 0.147 e. The molecular weight excluding hydrogens is 203 g/mol. The van der Waals surface area contributed by atoms with E-state index in [4.69, 9.17) is 5.73 Å². The molecule has 2 nitrogen and oxygen atoms in total. The van der Waals surface area contributed by atoms with Crippen LogP contribution in [0, 0.1) is 5.82 Å². The van der Waals surface area contributed by atoms with Crippen LogP contribution in [0.25, 0.3) is 10.9 Å². The zero-order chi connectivity index (χ0) is 11.9. The van der Waals surface area contributed by atoms with Crippen molar-refractivity contribution in [3.05, 3.63) is 35.8 Å². The van der Waals surface area contributed by atoms with Crippen LogP contribution in [0.3, 0.4) is 0 Å². The number of para-hydroxylation sites is 1. The molecule has 1 heterocycles. The molecule has 3 heteroatoms. The fourth-order valence-electron chi connectivity index (χ4n) is 2.06. The average Bonchev–Trinajstić information content (AvgIpc) is 2.58. The van der Waals surface area contributed by atoms with Crippen molar-refractivity contribution in [2.45, 2.75) is 32.9 Å². The Morgan fingerprint density at radius 2 is 1.94 bits per heavy atom. The molecule has 0 aliphatic heterocycles. The molecule has 1 aromatic carbocycles. The maximum absolute atomic E-state index is 13.8. The second-order valence-corrected chi connectivity index (χ2v) is 4.51. The summed E-state index contributed by atoms with van der Waals surface area (Å²) >= 11 is 0. The summed E-state index contributed by atoms with van der Waals surface area (Å²) in [5.74, 6) is -0.182. The van der Waals surface area contributed by atoms with Crippen LogP contribution in [0.1, 0.15) is 38.4 Å². The topological polar surface area (TPSA) is 30.9 Å². The largest absolute Gasteiger partial charge is 0.342 e. The lowest BCUT2D eigenvalue weighted by Crippen LogP contribution is -2.04. The van der Waals surface area contributed by atoms with E-state index in [1.165, 1.54) is 6.07 Å². The Labute approximate surface area is 94.9 Å². The highest BCUT2D eigenvalue weighted by molar-refractivity contribution is 5.85. The van der Waals surface area contributed by atoms with Gasteiger partial charge in [0, 0.05) is 23.7 Å². The summed E-state index contributed by atoms with van der Waals surface area (Å²) in [4.78, 5) is 0. The molecular formula is C13H17FN2. The van der Waals surface area contributed by atoms with E-state index in [2.05, 4.69) is 0 Å². The van der Waals surface area contributed by atoms with Crippen LogP contribution in [0.5, 0.6) is 0 Å². The first-order valence-electron chi connectivity index (χ1n) is 5.57. The van der Waals surface area contributed by atoms with E-state index in [9.17, 15) is 4.39 Å². The van der Waals surface area contributed by atoms with Crippen molar-refractivity contribution in [1.82, 2.24) is 4.57 Å².